The van der Waals surface area contributed by atoms with Crippen molar-refractivity contribution in [3.8, 4) is 0 Å². The molecule has 0 aliphatic heterocycles. The monoisotopic (exact) mass is 300 g/mol. The predicted molar refractivity (Wildman–Crippen MR) is 83.7 cm³/mol. The highest BCUT2D eigenvalue weighted by atomic mass is 16.2. The van der Waals surface area contributed by atoms with Gasteiger partial charge in [0.05, 0.1) is 12.5 Å². The number of hydrogen-bond donors (Lipinski definition) is 1. The quantitative estimate of drug-likeness (QED) is 0.860. The molecule has 6 nitrogen and oxygen atoms in total. The molecule has 2 aromatic rings. The summed E-state index contributed by atoms with van der Waals surface area (Å²) in [6, 6.07) is 6.86. The summed E-state index contributed by atoms with van der Waals surface area (Å²) in [7, 11) is 0. The molecule has 1 aromatic heterocycles. The molecule has 0 spiro atoms. The maximum absolute atomic E-state index is 12.2. The topological polar surface area (TPSA) is 76.9 Å². The Morgan fingerprint density at radius 1 is 1.23 bits per heavy atom. The van der Waals surface area contributed by atoms with Crippen molar-refractivity contribution >= 4 is 17.4 Å². The Hall–Kier alpha value is -2.50. The molecule has 1 unspecified atom stereocenters. The number of anilines is 1. The van der Waals surface area contributed by atoms with Crippen LogP contribution in [0.4, 0.5) is 5.69 Å². The zero-order valence-electron chi connectivity index (χ0n) is 13.3. The highest BCUT2D eigenvalue weighted by Gasteiger charge is 2.16. The Morgan fingerprint density at radius 2 is 1.86 bits per heavy atom. The van der Waals surface area contributed by atoms with Crippen LogP contribution >= 0.6 is 0 Å². The molecule has 1 N–H and O–H groups in total. The minimum Gasteiger partial charge on any atom is -0.326 e. The summed E-state index contributed by atoms with van der Waals surface area (Å²) in [5.41, 5.74) is 1.30. The van der Waals surface area contributed by atoms with E-state index in [0.29, 0.717) is 23.6 Å². The molecule has 0 fully saturated rings. The van der Waals surface area contributed by atoms with Gasteiger partial charge in [-0.2, -0.15) is 5.10 Å². The van der Waals surface area contributed by atoms with Crippen LogP contribution in [0.2, 0.25) is 0 Å². The Morgan fingerprint density at radius 3 is 2.36 bits per heavy atom. The normalized spacial score (nSPS) is 12.0. The molecule has 0 aliphatic carbocycles. The van der Waals surface area contributed by atoms with Crippen LogP contribution in [0.15, 0.2) is 24.3 Å². The Bertz CT molecular complexity index is 689. The van der Waals surface area contributed by atoms with Gasteiger partial charge in [-0.1, -0.05) is 6.92 Å². The van der Waals surface area contributed by atoms with Gasteiger partial charge in [-0.15, -0.1) is 0 Å². The number of amides is 1. The van der Waals surface area contributed by atoms with Crippen LogP contribution in [0, 0.1) is 19.8 Å². The molecule has 0 saturated carbocycles. The smallest absolute Gasteiger partial charge is 0.229 e. The van der Waals surface area contributed by atoms with E-state index in [0.717, 1.165) is 5.82 Å². The molecular formula is C16H20N4O2. The van der Waals surface area contributed by atoms with Gasteiger partial charge in [-0.3, -0.25) is 9.59 Å². The lowest BCUT2D eigenvalue weighted by Gasteiger charge is -2.13. The lowest BCUT2D eigenvalue weighted by Crippen LogP contribution is -2.25. The van der Waals surface area contributed by atoms with Crippen molar-refractivity contribution in [3.63, 3.8) is 0 Å². The molecule has 1 atom stereocenters. The van der Waals surface area contributed by atoms with Gasteiger partial charge in [-0.05, 0) is 45.0 Å². The summed E-state index contributed by atoms with van der Waals surface area (Å²) in [5, 5.41) is 7.10. The molecule has 1 aromatic carbocycles. The molecule has 0 bridgehead atoms. The van der Waals surface area contributed by atoms with Gasteiger partial charge >= 0.3 is 0 Å². The van der Waals surface area contributed by atoms with Crippen molar-refractivity contribution in [3.05, 3.63) is 41.5 Å². The SMILES string of the molecule is CC(=O)c1ccc(NC(=O)C(C)Cn2nc(C)nc2C)cc1. The van der Waals surface area contributed by atoms with Gasteiger partial charge in [0.15, 0.2) is 5.78 Å². The third kappa shape index (κ3) is 3.78. The van der Waals surface area contributed by atoms with Crippen molar-refractivity contribution in [1.82, 2.24) is 14.8 Å². The van der Waals surface area contributed by atoms with E-state index in [1.807, 2.05) is 20.8 Å². The minimum absolute atomic E-state index is 0.00303. The number of aryl methyl sites for hydroxylation is 2. The summed E-state index contributed by atoms with van der Waals surface area (Å²) in [6.45, 7) is 7.52. The third-order valence-corrected chi connectivity index (χ3v) is 3.42. The van der Waals surface area contributed by atoms with Crippen LogP contribution in [0.25, 0.3) is 0 Å². The molecule has 2 rings (SSSR count). The molecule has 0 aliphatic rings. The summed E-state index contributed by atoms with van der Waals surface area (Å²) < 4.78 is 1.73. The highest BCUT2D eigenvalue weighted by Crippen LogP contribution is 2.12. The van der Waals surface area contributed by atoms with Gasteiger partial charge in [0.25, 0.3) is 0 Å². The lowest BCUT2D eigenvalue weighted by atomic mass is 10.1. The average molecular weight is 300 g/mol. The van der Waals surface area contributed by atoms with E-state index >= 15 is 0 Å². The fourth-order valence-corrected chi connectivity index (χ4v) is 2.13. The molecule has 0 saturated heterocycles. The van der Waals surface area contributed by atoms with E-state index < -0.39 is 0 Å². The van der Waals surface area contributed by atoms with Crippen molar-refractivity contribution in [2.75, 3.05) is 5.32 Å². The van der Waals surface area contributed by atoms with E-state index in [-0.39, 0.29) is 17.6 Å². The molecule has 1 amide bonds. The summed E-state index contributed by atoms with van der Waals surface area (Å²) in [6.07, 6.45) is 0. The van der Waals surface area contributed by atoms with Gasteiger partial charge in [0.1, 0.15) is 11.6 Å². The standard InChI is InChI=1S/C16H20N4O2/c1-10(9-20-13(4)17-12(3)19-20)16(22)18-15-7-5-14(6-8-15)11(2)21/h5-8,10H,9H2,1-4H3,(H,18,22). The van der Waals surface area contributed by atoms with Crippen molar-refractivity contribution in [1.29, 1.82) is 0 Å². The van der Waals surface area contributed by atoms with Crippen LogP contribution in [-0.4, -0.2) is 26.5 Å². The first-order chi connectivity index (χ1) is 10.4. The van der Waals surface area contributed by atoms with E-state index in [9.17, 15) is 9.59 Å². The van der Waals surface area contributed by atoms with Crippen LogP contribution < -0.4 is 5.32 Å². The molecule has 22 heavy (non-hydrogen) atoms. The molecule has 6 heteroatoms. The Kier molecular flexibility index (Phi) is 4.70. The van der Waals surface area contributed by atoms with Crippen molar-refractivity contribution in [2.24, 2.45) is 5.92 Å². The zero-order chi connectivity index (χ0) is 16.3. The second-order valence-electron chi connectivity index (χ2n) is 5.41. The minimum atomic E-state index is -0.243. The second kappa shape index (κ2) is 6.51. The maximum Gasteiger partial charge on any atom is 0.229 e. The molecule has 1 heterocycles. The number of ketones is 1. The van der Waals surface area contributed by atoms with Crippen LogP contribution in [0.1, 0.15) is 35.9 Å². The first kappa shape index (κ1) is 15.9. The number of benzene rings is 1. The number of carbonyl (C=O) groups is 2. The van der Waals surface area contributed by atoms with Crippen molar-refractivity contribution in [2.45, 2.75) is 34.2 Å². The number of carbonyl (C=O) groups excluding carboxylic acids is 2. The van der Waals surface area contributed by atoms with Crippen molar-refractivity contribution < 1.29 is 9.59 Å². The first-order valence-corrected chi connectivity index (χ1v) is 7.16. The summed E-state index contributed by atoms with van der Waals surface area (Å²) in [4.78, 5) is 27.7. The summed E-state index contributed by atoms with van der Waals surface area (Å²) in [5.74, 6) is 1.16. The number of aromatic nitrogens is 3. The highest BCUT2D eigenvalue weighted by molar-refractivity contribution is 5.96. The van der Waals surface area contributed by atoms with Crippen LogP contribution in [0.5, 0.6) is 0 Å². The zero-order valence-corrected chi connectivity index (χ0v) is 13.3. The predicted octanol–water partition coefficient (Wildman–Crippen LogP) is 2.37. The van der Waals surface area contributed by atoms with E-state index in [2.05, 4.69) is 15.4 Å². The van der Waals surface area contributed by atoms with Gasteiger partial charge in [-0.25, -0.2) is 9.67 Å². The Balaban J connectivity index is 1.99. The summed E-state index contributed by atoms with van der Waals surface area (Å²) >= 11 is 0. The molecular weight excluding hydrogens is 280 g/mol. The molecule has 0 radical (unpaired) electrons. The van der Waals surface area contributed by atoms with Gasteiger partial charge in [0, 0.05) is 11.3 Å². The molecule has 116 valence electrons. The largest absolute Gasteiger partial charge is 0.326 e. The lowest BCUT2D eigenvalue weighted by molar-refractivity contribution is -0.119. The number of Topliss-reactive ketones (excluding diaryl/α,β-unsaturated/α-hetero) is 1. The van der Waals surface area contributed by atoms with E-state index in [1.165, 1.54) is 6.92 Å². The number of rotatable bonds is 5. The van der Waals surface area contributed by atoms with Crippen LogP contribution in [0.3, 0.4) is 0 Å². The third-order valence-electron chi connectivity index (χ3n) is 3.42. The number of nitrogens with one attached hydrogen (secondary N) is 1. The second-order valence-corrected chi connectivity index (χ2v) is 5.41. The fraction of sp³-hybridized carbons (Fsp3) is 0.375. The number of hydrogen-bond acceptors (Lipinski definition) is 4. The van der Waals surface area contributed by atoms with Crippen LogP contribution in [-0.2, 0) is 11.3 Å². The van der Waals surface area contributed by atoms with E-state index in [4.69, 9.17) is 0 Å². The number of nitrogens with zero attached hydrogens (tertiary/aromatic N) is 3. The average Bonchev–Trinajstić information content (AvgIpc) is 2.77. The fourth-order valence-electron chi connectivity index (χ4n) is 2.13. The first-order valence-electron chi connectivity index (χ1n) is 7.16. The Labute approximate surface area is 129 Å². The van der Waals surface area contributed by atoms with Gasteiger partial charge < -0.3 is 5.32 Å². The maximum atomic E-state index is 12.2. The van der Waals surface area contributed by atoms with E-state index in [1.54, 1.807) is 28.9 Å². The van der Waals surface area contributed by atoms with Gasteiger partial charge in [0.2, 0.25) is 5.91 Å².